The maximum atomic E-state index is 13.7. The number of aliphatic hydroxyl groups excluding tert-OH is 3. The van der Waals surface area contributed by atoms with Crippen LogP contribution in [0.2, 0.25) is 0 Å². The van der Waals surface area contributed by atoms with Crippen LogP contribution >= 0.6 is 11.8 Å². The van der Waals surface area contributed by atoms with Crippen molar-refractivity contribution < 1.29 is 24.1 Å². The third kappa shape index (κ3) is 4.72. The van der Waals surface area contributed by atoms with Gasteiger partial charge in [0.25, 0.3) is 0 Å². The molecule has 5 rings (SSSR count). The Labute approximate surface area is 205 Å². The number of unbranched alkanes of at least 4 members (excludes halogenated alkanes) is 1. The summed E-state index contributed by atoms with van der Waals surface area (Å²) in [6, 6.07) is 3.34. The number of nitrogens with zero attached hydrogens (tertiary/aromatic N) is 5. The highest BCUT2D eigenvalue weighted by atomic mass is 32.2. The Morgan fingerprint density at radius 1 is 1.14 bits per heavy atom. The molecule has 4 N–H and O–H groups in total. The van der Waals surface area contributed by atoms with Crippen molar-refractivity contribution in [3.63, 3.8) is 0 Å². The molecule has 3 aromatic rings. The van der Waals surface area contributed by atoms with E-state index in [2.05, 4.69) is 32.5 Å². The van der Waals surface area contributed by atoms with E-state index in [-0.39, 0.29) is 18.6 Å². The largest absolute Gasteiger partial charge is 0.396 e. The van der Waals surface area contributed by atoms with E-state index in [0.29, 0.717) is 34.1 Å². The van der Waals surface area contributed by atoms with E-state index >= 15 is 0 Å². The quantitative estimate of drug-likeness (QED) is 0.197. The van der Waals surface area contributed by atoms with E-state index in [4.69, 9.17) is 0 Å². The smallest absolute Gasteiger partial charge is 0.191 e. The Balaban J connectivity index is 1.44. The third-order valence-electron chi connectivity index (χ3n) is 6.84. The van der Waals surface area contributed by atoms with Crippen LogP contribution in [-0.4, -0.2) is 70.9 Å². The van der Waals surface area contributed by atoms with E-state index in [1.54, 1.807) is 6.07 Å². The highest BCUT2D eigenvalue weighted by molar-refractivity contribution is 7.99. The number of fused-ring (bicyclic) bond motifs is 1. The van der Waals surface area contributed by atoms with Gasteiger partial charge in [-0.3, -0.25) is 0 Å². The standard InChI is InChI=1S/C23H28F2N6O3S/c1-2-3-6-35-23-27-21(26-16-9-13(16)11-4-5-14(24)15(25)7-11)18-22(28-23)31(30-29-18)17-8-12(10-32)19(33)20(17)34/h4-5,7,12-13,16-17,19-20,32-34H,2-3,6,8-10H2,1H3,(H,26,27,28). The van der Waals surface area contributed by atoms with Gasteiger partial charge in [0, 0.05) is 30.2 Å². The predicted molar refractivity (Wildman–Crippen MR) is 126 cm³/mol. The molecular weight excluding hydrogens is 478 g/mol. The van der Waals surface area contributed by atoms with Gasteiger partial charge in [-0.1, -0.05) is 36.4 Å². The molecule has 0 spiro atoms. The summed E-state index contributed by atoms with van der Waals surface area (Å²) < 4.78 is 28.5. The van der Waals surface area contributed by atoms with Gasteiger partial charge in [0.15, 0.2) is 33.8 Å². The van der Waals surface area contributed by atoms with Crippen molar-refractivity contribution in [2.45, 2.75) is 68.0 Å². The minimum absolute atomic E-state index is 0.0125. The zero-order valence-corrected chi connectivity index (χ0v) is 20.0. The number of hydrogen-bond donors (Lipinski definition) is 4. The van der Waals surface area contributed by atoms with E-state index in [1.807, 2.05) is 0 Å². The maximum absolute atomic E-state index is 13.7. The van der Waals surface area contributed by atoms with Crippen LogP contribution in [0, 0.1) is 17.6 Å². The molecule has 0 saturated heterocycles. The molecule has 35 heavy (non-hydrogen) atoms. The molecule has 2 fully saturated rings. The summed E-state index contributed by atoms with van der Waals surface area (Å²) >= 11 is 1.51. The lowest BCUT2D eigenvalue weighted by Gasteiger charge is -2.17. The first-order chi connectivity index (χ1) is 16.9. The van der Waals surface area contributed by atoms with Crippen LogP contribution in [-0.2, 0) is 0 Å². The fraction of sp³-hybridized carbons (Fsp3) is 0.565. The van der Waals surface area contributed by atoms with Gasteiger partial charge in [-0.15, -0.1) is 5.10 Å². The van der Waals surface area contributed by atoms with E-state index < -0.39 is 35.8 Å². The number of halogens is 2. The van der Waals surface area contributed by atoms with Crippen LogP contribution < -0.4 is 5.32 Å². The van der Waals surface area contributed by atoms with Gasteiger partial charge in [0.05, 0.1) is 12.1 Å². The van der Waals surface area contributed by atoms with Gasteiger partial charge < -0.3 is 20.6 Å². The van der Waals surface area contributed by atoms with Crippen molar-refractivity contribution >= 4 is 28.7 Å². The zero-order valence-electron chi connectivity index (χ0n) is 19.2. The summed E-state index contributed by atoms with van der Waals surface area (Å²) in [6.45, 7) is 1.86. The number of benzene rings is 1. The van der Waals surface area contributed by atoms with Crippen molar-refractivity contribution in [2.75, 3.05) is 17.7 Å². The summed E-state index contributed by atoms with van der Waals surface area (Å²) in [7, 11) is 0. The topological polar surface area (TPSA) is 129 Å². The molecule has 2 aromatic heterocycles. The lowest BCUT2D eigenvalue weighted by atomic mass is 10.1. The molecule has 0 amide bonds. The van der Waals surface area contributed by atoms with Crippen molar-refractivity contribution in [2.24, 2.45) is 5.92 Å². The number of aromatic nitrogens is 5. The van der Waals surface area contributed by atoms with Crippen LogP contribution in [0.3, 0.4) is 0 Å². The van der Waals surface area contributed by atoms with Crippen LogP contribution in [0.1, 0.15) is 50.1 Å². The predicted octanol–water partition coefficient (Wildman–Crippen LogP) is 2.63. The molecule has 188 valence electrons. The number of thioether (sulfide) groups is 1. The van der Waals surface area contributed by atoms with Gasteiger partial charge in [0.1, 0.15) is 6.10 Å². The lowest BCUT2D eigenvalue weighted by Crippen LogP contribution is -2.30. The second-order valence-corrected chi connectivity index (χ2v) is 10.3. The monoisotopic (exact) mass is 506 g/mol. The van der Waals surface area contributed by atoms with Crippen molar-refractivity contribution in [1.29, 1.82) is 0 Å². The highest BCUT2D eigenvalue weighted by Crippen LogP contribution is 2.44. The Hall–Kier alpha value is -2.41. The van der Waals surface area contributed by atoms with Gasteiger partial charge in [0.2, 0.25) is 0 Å². The van der Waals surface area contributed by atoms with Crippen LogP contribution in [0.5, 0.6) is 0 Å². The molecule has 6 unspecified atom stereocenters. The normalized spacial score (nSPS) is 28.1. The summed E-state index contributed by atoms with van der Waals surface area (Å²) in [5, 5.41) is 42.8. The molecule has 2 heterocycles. The average molecular weight is 507 g/mol. The van der Waals surface area contributed by atoms with E-state index in [9.17, 15) is 24.1 Å². The molecule has 2 saturated carbocycles. The van der Waals surface area contributed by atoms with Crippen LogP contribution in [0.15, 0.2) is 23.4 Å². The van der Waals surface area contributed by atoms with Crippen LogP contribution in [0.25, 0.3) is 11.2 Å². The molecule has 0 radical (unpaired) electrons. The summed E-state index contributed by atoms with van der Waals surface area (Å²) in [6.07, 6.45) is 0.926. The molecule has 9 nitrogen and oxygen atoms in total. The maximum Gasteiger partial charge on any atom is 0.191 e. The molecule has 6 atom stereocenters. The fourth-order valence-corrected chi connectivity index (χ4v) is 5.59. The first kappa shape index (κ1) is 24.3. The fourth-order valence-electron chi connectivity index (χ4n) is 4.67. The first-order valence-electron chi connectivity index (χ1n) is 11.9. The highest BCUT2D eigenvalue weighted by Gasteiger charge is 2.44. The molecule has 0 bridgehead atoms. The number of nitrogens with one attached hydrogen (secondary N) is 1. The second kappa shape index (κ2) is 9.92. The SMILES string of the molecule is CCCCSc1nc(NC2CC2c2ccc(F)c(F)c2)c2nnn(C3CC(CO)C(O)C3O)c2n1. The number of hydrogen-bond acceptors (Lipinski definition) is 9. The Morgan fingerprint density at radius 3 is 2.69 bits per heavy atom. The van der Waals surface area contributed by atoms with Gasteiger partial charge in [-0.05, 0) is 37.0 Å². The van der Waals surface area contributed by atoms with Gasteiger partial charge in [-0.25, -0.2) is 23.4 Å². The Kier molecular flexibility index (Phi) is 6.88. The molecule has 2 aliphatic carbocycles. The van der Waals surface area contributed by atoms with Crippen molar-refractivity contribution in [3.8, 4) is 0 Å². The zero-order chi connectivity index (χ0) is 24.7. The molecule has 12 heteroatoms. The number of anilines is 1. The van der Waals surface area contributed by atoms with Crippen molar-refractivity contribution in [3.05, 3.63) is 35.4 Å². The van der Waals surface area contributed by atoms with Gasteiger partial charge >= 0.3 is 0 Å². The average Bonchev–Trinajstić information content (AvgIpc) is 3.39. The second-order valence-electron chi connectivity index (χ2n) is 9.26. The van der Waals surface area contributed by atoms with E-state index in [0.717, 1.165) is 31.1 Å². The summed E-state index contributed by atoms with van der Waals surface area (Å²) in [5.41, 5.74) is 1.57. The third-order valence-corrected chi connectivity index (χ3v) is 7.77. The minimum Gasteiger partial charge on any atom is -0.396 e. The number of aliphatic hydroxyl groups is 3. The molecule has 2 aliphatic rings. The first-order valence-corrected chi connectivity index (χ1v) is 12.8. The van der Waals surface area contributed by atoms with E-state index in [1.165, 1.54) is 22.5 Å². The van der Waals surface area contributed by atoms with Gasteiger partial charge in [-0.2, -0.15) is 0 Å². The summed E-state index contributed by atoms with van der Waals surface area (Å²) in [5.74, 6) is -0.865. The summed E-state index contributed by atoms with van der Waals surface area (Å²) in [4.78, 5) is 9.31. The molecule has 1 aromatic carbocycles. The molecular formula is C23H28F2N6O3S. The Bertz CT molecular complexity index is 1210. The molecule has 0 aliphatic heterocycles. The van der Waals surface area contributed by atoms with Crippen LogP contribution in [0.4, 0.5) is 14.6 Å². The van der Waals surface area contributed by atoms with Crippen molar-refractivity contribution in [1.82, 2.24) is 25.0 Å². The number of rotatable bonds is 9. The Morgan fingerprint density at radius 2 is 1.97 bits per heavy atom. The lowest BCUT2D eigenvalue weighted by molar-refractivity contribution is -0.00512. The minimum atomic E-state index is -1.11.